The molecule has 1 heterocycles. The molecule has 0 saturated carbocycles. The molecule has 0 aromatic rings. The van der Waals surface area contributed by atoms with E-state index in [1.165, 1.54) is 6.92 Å². The molecule has 1 fully saturated rings. The molecule has 15 heavy (non-hydrogen) atoms. The van der Waals surface area contributed by atoms with E-state index in [4.69, 9.17) is 9.84 Å². The Balaban J connectivity index is 0.00000196. The van der Waals surface area contributed by atoms with Crippen LogP contribution in [0.1, 0.15) is 28.2 Å². The topological polar surface area (TPSA) is 87.0 Å². The molecule has 0 aliphatic carbocycles. The van der Waals surface area contributed by atoms with Crippen molar-refractivity contribution in [2.75, 3.05) is 0 Å². The van der Waals surface area contributed by atoms with Crippen molar-refractivity contribution in [2.45, 2.75) is 52.1 Å². The Labute approximate surface area is 89.7 Å². The van der Waals surface area contributed by atoms with E-state index in [0.29, 0.717) is 0 Å². The van der Waals surface area contributed by atoms with Gasteiger partial charge in [-0.25, -0.2) is 4.79 Å². The first-order valence-electron chi connectivity index (χ1n) is 4.57. The highest BCUT2D eigenvalue weighted by atomic mass is 16.5. The van der Waals surface area contributed by atoms with Crippen LogP contribution in [-0.4, -0.2) is 45.2 Å². The van der Waals surface area contributed by atoms with Gasteiger partial charge in [-0.3, -0.25) is 0 Å². The van der Waals surface area contributed by atoms with Crippen molar-refractivity contribution >= 4 is 5.97 Å². The third-order valence-electron chi connectivity index (χ3n) is 2.94. The Bertz CT molecular complexity index is 238. The van der Waals surface area contributed by atoms with E-state index in [0.717, 1.165) is 0 Å². The van der Waals surface area contributed by atoms with Crippen LogP contribution in [0, 0.1) is 5.92 Å². The second kappa shape index (κ2) is 4.47. The fourth-order valence-corrected chi connectivity index (χ4v) is 1.73. The second-order valence-corrected chi connectivity index (χ2v) is 4.09. The Morgan fingerprint density at radius 1 is 1.40 bits per heavy atom. The normalized spacial score (nSPS) is 45.7. The van der Waals surface area contributed by atoms with E-state index in [9.17, 15) is 15.0 Å². The van der Waals surface area contributed by atoms with Crippen molar-refractivity contribution in [2.24, 2.45) is 5.92 Å². The molecular formula is C10H20O5. The predicted molar refractivity (Wildman–Crippen MR) is 54.5 cm³/mol. The number of carbonyl (C=O) groups is 1. The highest BCUT2D eigenvalue weighted by Crippen LogP contribution is 2.33. The molecule has 1 aliphatic heterocycles. The molecule has 1 rings (SSSR count). The largest absolute Gasteiger partial charge is 0.479 e. The summed E-state index contributed by atoms with van der Waals surface area (Å²) in [6, 6.07) is 0. The van der Waals surface area contributed by atoms with Crippen LogP contribution in [0.4, 0.5) is 0 Å². The summed E-state index contributed by atoms with van der Waals surface area (Å²) in [5.74, 6) is -1.55. The van der Waals surface area contributed by atoms with Crippen molar-refractivity contribution in [1.82, 2.24) is 0 Å². The minimum absolute atomic E-state index is 0. The molecule has 5 nitrogen and oxygen atoms in total. The SMILES string of the molecule is C.CC1OC(C(=O)O)C(C)(O)C(O)C1C. The molecule has 0 aromatic carbocycles. The molecule has 0 spiro atoms. The van der Waals surface area contributed by atoms with Gasteiger partial charge in [0.15, 0.2) is 6.10 Å². The second-order valence-electron chi connectivity index (χ2n) is 4.09. The number of aliphatic carboxylic acids is 1. The molecule has 1 aliphatic rings. The number of ether oxygens (including phenoxy) is 1. The van der Waals surface area contributed by atoms with Crippen LogP contribution in [-0.2, 0) is 9.53 Å². The predicted octanol–water partition coefficient (Wildman–Crippen LogP) is 0.242. The van der Waals surface area contributed by atoms with Gasteiger partial charge in [-0.2, -0.15) is 0 Å². The van der Waals surface area contributed by atoms with E-state index < -0.39 is 23.8 Å². The zero-order chi connectivity index (χ0) is 11.1. The fraction of sp³-hybridized carbons (Fsp3) is 0.900. The molecule has 0 radical (unpaired) electrons. The van der Waals surface area contributed by atoms with Crippen molar-refractivity contribution in [1.29, 1.82) is 0 Å². The van der Waals surface area contributed by atoms with Crippen LogP contribution in [0.15, 0.2) is 0 Å². The minimum atomic E-state index is -1.74. The monoisotopic (exact) mass is 220 g/mol. The Morgan fingerprint density at radius 3 is 2.27 bits per heavy atom. The van der Waals surface area contributed by atoms with Crippen LogP contribution in [0.3, 0.4) is 0 Å². The Hall–Kier alpha value is -0.650. The molecule has 5 heteroatoms. The number of hydrogen-bond donors (Lipinski definition) is 3. The van der Waals surface area contributed by atoms with Crippen molar-refractivity contribution in [3.63, 3.8) is 0 Å². The van der Waals surface area contributed by atoms with Crippen LogP contribution in [0.5, 0.6) is 0 Å². The Morgan fingerprint density at radius 2 is 1.87 bits per heavy atom. The third-order valence-corrected chi connectivity index (χ3v) is 2.94. The standard InChI is InChI=1S/C9H16O5.CH4/c1-4-5(2)14-7(8(11)12)9(3,13)6(4)10;/h4-7,10,13H,1-3H3,(H,11,12);1H4. The lowest BCUT2D eigenvalue weighted by Gasteiger charge is -2.45. The van der Waals surface area contributed by atoms with Gasteiger partial charge in [0.25, 0.3) is 0 Å². The van der Waals surface area contributed by atoms with Gasteiger partial charge in [0.1, 0.15) is 5.60 Å². The molecule has 5 atom stereocenters. The molecular weight excluding hydrogens is 200 g/mol. The molecule has 5 unspecified atom stereocenters. The first-order valence-corrected chi connectivity index (χ1v) is 4.57. The Kier molecular flexibility index (Phi) is 4.27. The summed E-state index contributed by atoms with van der Waals surface area (Å²) in [5, 5.41) is 28.3. The third kappa shape index (κ3) is 2.30. The summed E-state index contributed by atoms with van der Waals surface area (Å²) >= 11 is 0. The quantitative estimate of drug-likeness (QED) is 0.589. The smallest absolute Gasteiger partial charge is 0.335 e. The summed E-state index contributed by atoms with van der Waals surface area (Å²) in [4.78, 5) is 10.8. The molecule has 0 amide bonds. The maximum absolute atomic E-state index is 10.8. The van der Waals surface area contributed by atoms with E-state index in [2.05, 4.69) is 0 Å². The van der Waals surface area contributed by atoms with E-state index in [-0.39, 0.29) is 19.4 Å². The number of aliphatic hydroxyl groups excluding tert-OH is 1. The first kappa shape index (κ1) is 14.3. The molecule has 3 N–H and O–H groups in total. The van der Waals surface area contributed by atoms with E-state index in [1.807, 2.05) is 0 Å². The van der Waals surface area contributed by atoms with E-state index >= 15 is 0 Å². The van der Waals surface area contributed by atoms with Crippen molar-refractivity contribution < 1.29 is 24.9 Å². The van der Waals surface area contributed by atoms with Gasteiger partial charge in [-0.15, -0.1) is 0 Å². The summed E-state index contributed by atoms with van der Waals surface area (Å²) in [6.07, 6.45) is -2.85. The number of carboxylic acid groups (broad SMARTS) is 1. The highest BCUT2D eigenvalue weighted by Gasteiger charge is 2.52. The fourth-order valence-electron chi connectivity index (χ4n) is 1.73. The molecule has 0 aromatic heterocycles. The molecule has 0 bridgehead atoms. The van der Waals surface area contributed by atoms with Crippen molar-refractivity contribution in [3.05, 3.63) is 0 Å². The van der Waals surface area contributed by atoms with Gasteiger partial charge in [-0.05, 0) is 13.8 Å². The number of carboxylic acids is 1. The first-order chi connectivity index (χ1) is 6.28. The zero-order valence-electron chi connectivity index (χ0n) is 8.47. The van der Waals surface area contributed by atoms with E-state index in [1.54, 1.807) is 13.8 Å². The number of hydrogen-bond acceptors (Lipinski definition) is 4. The summed E-state index contributed by atoms with van der Waals surface area (Å²) < 4.78 is 5.14. The maximum atomic E-state index is 10.8. The average Bonchev–Trinajstić information content (AvgIpc) is 2.08. The molecule has 90 valence electrons. The average molecular weight is 220 g/mol. The number of aliphatic hydroxyl groups is 2. The maximum Gasteiger partial charge on any atom is 0.335 e. The van der Waals surface area contributed by atoms with Gasteiger partial charge in [-0.1, -0.05) is 14.4 Å². The lowest BCUT2D eigenvalue weighted by molar-refractivity contribution is -0.242. The zero-order valence-corrected chi connectivity index (χ0v) is 8.47. The summed E-state index contributed by atoms with van der Waals surface area (Å²) in [7, 11) is 0. The molecule has 1 saturated heterocycles. The van der Waals surface area contributed by atoms with Crippen LogP contribution < -0.4 is 0 Å². The summed E-state index contributed by atoms with van der Waals surface area (Å²) in [5.41, 5.74) is -1.74. The number of rotatable bonds is 1. The van der Waals surface area contributed by atoms with Gasteiger partial charge in [0, 0.05) is 5.92 Å². The highest BCUT2D eigenvalue weighted by molar-refractivity contribution is 5.74. The van der Waals surface area contributed by atoms with Gasteiger partial charge in [0.05, 0.1) is 12.2 Å². The van der Waals surface area contributed by atoms with Crippen LogP contribution >= 0.6 is 0 Å². The lowest BCUT2D eigenvalue weighted by Crippen LogP contribution is -2.63. The summed E-state index contributed by atoms with van der Waals surface area (Å²) in [6.45, 7) is 4.67. The van der Waals surface area contributed by atoms with Crippen LogP contribution in [0.25, 0.3) is 0 Å². The van der Waals surface area contributed by atoms with Crippen molar-refractivity contribution in [3.8, 4) is 0 Å². The van der Waals surface area contributed by atoms with Gasteiger partial charge >= 0.3 is 5.97 Å². The lowest BCUT2D eigenvalue weighted by atomic mass is 9.79. The van der Waals surface area contributed by atoms with Gasteiger partial charge in [0.2, 0.25) is 0 Å². The van der Waals surface area contributed by atoms with Crippen LogP contribution in [0.2, 0.25) is 0 Å². The minimum Gasteiger partial charge on any atom is -0.479 e. The van der Waals surface area contributed by atoms with Gasteiger partial charge < -0.3 is 20.1 Å².